The number of halogens is 1. The number of aromatic amines is 1. The third kappa shape index (κ3) is 5.17. The number of aliphatic hydroxyl groups is 1. The second kappa shape index (κ2) is 9.88. The van der Waals surface area contributed by atoms with Crippen LogP contribution in [-0.4, -0.2) is 70.4 Å². The molecule has 0 radical (unpaired) electrons. The molecule has 1 aromatic heterocycles. The number of nitrogens with zero attached hydrogens (tertiary/aromatic N) is 2. The molecule has 2 fully saturated rings. The van der Waals surface area contributed by atoms with E-state index in [1.165, 1.54) is 24.3 Å². The Balaban J connectivity index is 1.53. The molecule has 2 aliphatic rings. The van der Waals surface area contributed by atoms with Gasteiger partial charge in [-0.15, -0.1) is 0 Å². The van der Waals surface area contributed by atoms with E-state index in [9.17, 15) is 19.1 Å². The Morgan fingerprint density at radius 3 is 2.58 bits per heavy atom. The zero-order chi connectivity index (χ0) is 23.5. The number of ether oxygens (including phenoxy) is 1. The maximum Gasteiger partial charge on any atom is 0.319 e. The molecular formula is C23H30FN5O4. The van der Waals surface area contributed by atoms with E-state index < -0.39 is 35.8 Å². The van der Waals surface area contributed by atoms with Gasteiger partial charge in [0, 0.05) is 48.5 Å². The van der Waals surface area contributed by atoms with Crippen molar-refractivity contribution in [3.05, 3.63) is 47.8 Å². The molecule has 33 heavy (non-hydrogen) atoms. The molecule has 4 rings (SSSR count). The summed E-state index contributed by atoms with van der Waals surface area (Å²) in [5.41, 5.74) is 1.11. The molecule has 1 saturated heterocycles. The number of aromatic nitrogens is 2. The normalized spacial score (nSPS) is 25.3. The summed E-state index contributed by atoms with van der Waals surface area (Å²) < 4.78 is 18.5. The molecule has 9 nitrogen and oxygen atoms in total. The number of hydrogen-bond acceptors (Lipinski definition) is 5. The zero-order valence-corrected chi connectivity index (χ0v) is 18.8. The van der Waals surface area contributed by atoms with Gasteiger partial charge in [0.25, 0.3) is 0 Å². The van der Waals surface area contributed by atoms with Crippen molar-refractivity contribution in [3.63, 3.8) is 0 Å². The van der Waals surface area contributed by atoms with E-state index in [0.29, 0.717) is 37.7 Å². The minimum atomic E-state index is -0.989. The Labute approximate surface area is 191 Å². The Hall–Kier alpha value is -2.98. The van der Waals surface area contributed by atoms with Gasteiger partial charge >= 0.3 is 6.03 Å². The van der Waals surface area contributed by atoms with E-state index in [0.717, 1.165) is 5.82 Å². The van der Waals surface area contributed by atoms with Crippen molar-refractivity contribution < 1.29 is 23.8 Å². The molecule has 2 aromatic rings. The third-order valence-corrected chi connectivity index (χ3v) is 6.30. The first-order chi connectivity index (χ1) is 15.8. The van der Waals surface area contributed by atoms with E-state index in [1.54, 1.807) is 11.1 Å². The molecule has 178 valence electrons. The topological polar surface area (TPSA) is 120 Å². The summed E-state index contributed by atoms with van der Waals surface area (Å²) >= 11 is 0. The number of imidazole rings is 1. The maximum absolute atomic E-state index is 13.2. The van der Waals surface area contributed by atoms with Crippen molar-refractivity contribution in [2.45, 2.75) is 44.2 Å². The van der Waals surface area contributed by atoms with Gasteiger partial charge in [-0.2, -0.15) is 0 Å². The Morgan fingerprint density at radius 1 is 1.24 bits per heavy atom. The lowest BCUT2D eigenvalue weighted by molar-refractivity contribution is -0.142. The first-order valence-electron chi connectivity index (χ1n) is 11.3. The van der Waals surface area contributed by atoms with Crippen LogP contribution in [0.3, 0.4) is 0 Å². The lowest BCUT2D eigenvalue weighted by Crippen LogP contribution is -2.45. The van der Waals surface area contributed by atoms with Gasteiger partial charge < -0.3 is 30.4 Å². The molecule has 0 unspecified atom stereocenters. The van der Waals surface area contributed by atoms with Gasteiger partial charge in [-0.3, -0.25) is 4.79 Å². The number of carbonyl (C=O) groups is 2. The molecule has 1 aliphatic heterocycles. The average molecular weight is 460 g/mol. The van der Waals surface area contributed by atoms with E-state index in [4.69, 9.17) is 4.74 Å². The van der Waals surface area contributed by atoms with Crippen LogP contribution in [0, 0.1) is 11.7 Å². The molecule has 1 aromatic carbocycles. The zero-order valence-electron chi connectivity index (χ0n) is 18.8. The van der Waals surface area contributed by atoms with Crippen LogP contribution in [-0.2, 0) is 9.53 Å². The van der Waals surface area contributed by atoms with Crippen LogP contribution in [0.1, 0.15) is 43.6 Å². The fourth-order valence-corrected chi connectivity index (χ4v) is 4.55. The minimum absolute atomic E-state index is 0.136. The van der Waals surface area contributed by atoms with Crippen LogP contribution in [0.25, 0.3) is 0 Å². The van der Waals surface area contributed by atoms with Crippen LogP contribution >= 0.6 is 0 Å². The maximum atomic E-state index is 13.2. The van der Waals surface area contributed by atoms with Gasteiger partial charge in [0.1, 0.15) is 11.6 Å². The molecule has 3 amide bonds. The van der Waals surface area contributed by atoms with E-state index in [2.05, 4.69) is 20.6 Å². The molecule has 10 heteroatoms. The van der Waals surface area contributed by atoms with Crippen LogP contribution in [0.5, 0.6) is 0 Å². The van der Waals surface area contributed by atoms with Gasteiger partial charge in [-0.25, -0.2) is 14.2 Å². The highest BCUT2D eigenvalue weighted by atomic mass is 19.1. The van der Waals surface area contributed by atoms with E-state index in [1.807, 2.05) is 13.8 Å². The lowest BCUT2D eigenvalue weighted by atomic mass is 9.95. The third-order valence-electron chi connectivity index (χ3n) is 6.30. The van der Waals surface area contributed by atoms with Crippen molar-refractivity contribution in [2.24, 2.45) is 5.92 Å². The Morgan fingerprint density at radius 2 is 1.94 bits per heavy atom. The van der Waals surface area contributed by atoms with Crippen LogP contribution in [0.2, 0.25) is 0 Å². The number of H-pyrrole nitrogens is 1. The molecule has 4 N–H and O–H groups in total. The van der Waals surface area contributed by atoms with Gasteiger partial charge in [0.2, 0.25) is 5.91 Å². The lowest BCUT2D eigenvalue weighted by Gasteiger charge is -2.30. The number of morpholine rings is 1. The number of nitrogens with one attached hydrogen (secondary N) is 3. The summed E-state index contributed by atoms with van der Waals surface area (Å²) in [5.74, 6) is -0.785. The Kier molecular flexibility index (Phi) is 6.94. The summed E-state index contributed by atoms with van der Waals surface area (Å²) in [4.78, 5) is 35.2. The SMILES string of the molecule is CC(C)c1ncc([C@@H]2[C@H](O)[C@@H](C(=O)N3CCOCC3)C[C@H]2NC(=O)Nc2ccc(F)cc2)[nH]1. The fraction of sp³-hybridized carbons (Fsp3) is 0.522. The van der Waals surface area contributed by atoms with Crippen molar-refractivity contribution >= 4 is 17.6 Å². The first kappa shape index (κ1) is 23.2. The predicted octanol–water partition coefficient (Wildman–Crippen LogP) is 2.19. The fourth-order valence-electron chi connectivity index (χ4n) is 4.55. The highest BCUT2D eigenvalue weighted by Crippen LogP contribution is 2.40. The largest absolute Gasteiger partial charge is 0.392 e. The number of urea groups is 1. The monoisotopic (exact) mass is 459 g/mol. The summed E-state index contributed by atoms with van der Waals surface area (Å²) in [7, 11) is 0. The smallest absolute Gasteiger partial charge is 0.319 e. The summed E-state index contributed by atoms with van der Waals surface area (Å²) in [6.07, 6.45) is 0.962. The Bertz CT molecular complexity index is 973. The van der Waals surface area contributed by atoms with Crippen molar-refractivity contribution in [1.82, 2.24) is 20.2 Å². The second-order valence-electron chi connectivity index (χ2n) is 8.89. The van der Waals surface area contributed by atoms with Crippen LogP contribution in [0.15, 0.2) is 30.5 Å². The molecule has 4 atom stereocenters. The summed E-state index contributed by atoms with van der Waals surface area (Å²) in [6, 6.07) is 4.44. The quantitative estimate of drug-likeness (QED) is 0.547. The van der Waals surface area contributed by atoms with Crippen molar-refractivity contribution in [2.75, 3.05) is 31.6 Å². The van der Waals surface area contributed by atoms with Gasteiger partial charge in [-0.05, 0) is 30.7 Å². The highest BCUT2D eigenvalue weighted by Gasteiger charge is 2.49. The number of anilines is 1. The first-order valence-corrected chi connectivity index (χ1v) is 11.3. The van der Waals surface area contributed by atoms with E-state index >= 15 is 0 Å². The van der Waals surface area contributed by atoms with Gasteiger partial charge in [0.05, 0.1) is 25.2 Å². The molecule has 1 saturated carbocycles. The predicted molar refractivity (Wildman–Crippen MR) is 119 cm³/mol. The van der Waals surface area contributed by atoms with Crippen molar-refractivity contribution in [1.29, 1.82) is 0 Å². The van der Waals surface area contributed by atoms with Gasteiger partial charge in [0.15, 0.2) is 0 Å². The molecule has 1 aliphatic carbocycles. The standard InChI is InChI=1S/C23H30FN5O4/c1-13(2)21-25-12-18(27-21)19-17(28-23(32)26-15-5-3-14(24)4-6-15)11-16(20(19)30)22(31)29-7-9-33-10-8-29/h3-6,12-13,16-17,19-20,30H,7-11H2,1-2H3,(H,25,27)(H2,26,28,32)/t16-,17+,19+,20+/m0/s1. The molecule has 0 spiro atoms. The number of hydrogen-bond donors (Lipinski definition) is 4. The molecule has 0 bridgehead atoms. The molecule has 2 heterocycles. The van der Waals surface area contributed by atoms with Crippen LogP contribution in [0.4, 0.5) is 14.9 Å². The number of amides is 3. The highest BCUT2D eigenvalue weighted by molar-refractivity contribution is 5.89. The second-order valence-corrected chi connectivity index (χ2v) is 8.89. The summed E-state index contributed by atoms with van der Waals surface area (Å²) in [6.45, 7) is 5.92. The molecular weight excluding hydrogens is 429 g/mol. The number of benzene rings is 1. The number of carbonyl (C=O) groups excluding carboxylic acids is 2. The van der Waals surface area contributed by atoms with Gasteiger partial charge in [-0.1, -0.05) is 13.8 Å². The summed E-state index contributed by atoms with van der Waals surface area (Å²) in [5, 5.41) is 16.8. The van der Waals surface area contributed by atoms with Crippen LogP contribution < -0.4 is 10.6 Å². The number of rotatable bonds is 5. The van der Waals surface area contributed by atoms with Crippen molar-refractivity contribution in [3.8, 4) is 0 Å². The minimum Gasteiger partial charge on any atom is -0.392 e. The van der Waals surface area contributed by atoms with E-state index in [-0.39, 0.29) is 18.2 Å². The number of aliphatic hydroxyl groups excluding tert-OH is 1. The average Bonchev–Trinajstić information content (AvgIpc) is 3.40.